The Morgan fingerprint density at radius 3 is 1.50 bits per heavy atom. The van der Waals surface area contributed by atoms with E-state index in [9.17, 15) is 38.5 Å². The average Bonchev–Trinajstić information content (AvgIpc) is 2.89. The summed E-state index contributed by atoms with van der Waals surface area (Å²) < 4.78 is 27.8. The van der Waals surface area contributed by atoms with E-state index in [0.717, 1.165) is 0 Å². The first kappa shape index (κ1) is 46.3. The lowest BCUT2D eigenvalue weighted by atomic mass is 10.1. The maximum Gasteiger partial charge on any atom is 0.527 e. The third kappa shape index (κ3) is 17.4. The number of pyridine rings is 2. The van der Waals surface area contributed by atoms with Gasteiger partial charge < -0.3 is 35.2 Å². The predicted octanol–water partition coefficient (Wildman–Crippen LogP) is -2.67. The lowest BCUT2D eigenvalue weighted by Gasteiger charge is -2.11. The van der Waals surface area contributed by atoms with Crippen LogP contribution in [-0.2, 0) is 41.0 Å². The van der Waals surface area contributed by atoms with Crippen molar-refractivity contribution >= 4 is 86.3 Å². The van der Waals surface area contributed by atoms with Crippen LogP contribution >= 0.6 is 15.6 Å². The van der Waals surface area contributed by atoms with Crippen LogP contribution in [0, 0.1) is 13.8 Å². The number of rotatable bonds is 10. The molecule has 0 aliphatic rings. The molecule has 0 fully saturated rings. The summed E-state index contributed by atoms with van der Waals surface area (Å²) >= 11 is 0. The Morgan fingerprint density at radius 1 is 0.841 bits per heavy atom. The highest BCUT2D eigenvalue weighted by Crippen LogP contribution is 2.37. The first-order valence-electron chi connectivity index (χ1n) is 11.1. The number of carbonyl (C=O) groups excluding carboxylic acids is 4. The van der Waals surface area contributed by atoms with Crippen molar-refractivity contribution in [2.45, 2.75) is 45.9 Å². The van der Waals surface area contributed by atoms with Crippen molar-refractivity contribution in [1.29, 1.82) is 0 Å². The number of aryl methyl sites for hydroxylation is 2. The van der Waals surface area contributed by atoms with Gasteiger partial charge in [-0.15, -0.1) is 0 Å². The van der Waals surface area contributed by atoms with E-state index in [-0.39, 0.29) is 81.9 Å². The van der Waals surface area contributed by atoms with Gasteiger partial charge in [-0.05, 0) is 20.3 Å². The summed E-state index contributed by atoms with van der Waals surface area (Å²) in [6.07, 6.45) is 2.67. The minimum Gasteiger partial charge on any atom is -0.505 e. The molecule has 0 radical (unpaired) electrons. The van der Waals surface area contributed by atoms with Crippen molar-refractivity contribution < 1.29 is 77.4 Å². The largest absolute Gasteiger partial charge is 0.527 e. The topological polar surface area (TPSA) is 335 Å². The van der Waals surface area contributed by atoms with E-state index in [0.29, 0.717) is 35.1 Å². The van der Waals surface area contributed by atoms with E-state index in [1.807, 2.05) is 0 Å². The highest BCUT2D eigenvalue weighted by molar-refractivity contribution is 7.47. The molecular formula is C21H33Mg2N3O16P2. The highest BCUT2D eigenvalue weighted by atomic mass is 31.2. The van der Waals surface area contributed by atoms with E-state index < -0.39 is 46.5 Å². The minimum atomic E-state index is -5.03. The number of aromatic nitrogens is 2. The van der Waals surface area contributed by atoms with Gasteiger partial charge >= 0.3 is 73.7 Å². The molecule has 0 aliphatic heterocycles. The van der Waals surface area contributed by atoms with Crippen molar-refractivity contribution in [2.24, 2.45) is 5.73 Å². The third-order valence-corrected chi connectivity index (χ3v) is 5.54. The normalized spacial score (nSPS) is 11.0. The molecule has 1 atom stereocenters. The first-order valence-corrected chi connectivity index (χ1v) is 14.2. The van der Waals surface area contributed by atoms with Crippen LogP contribution in [0.5, 0.6) is 11.5 Å². The Bertz CT molecular complexity index is 1310. The first-order chi connectivity index (χ1) is 19.3. The monoisotopic (exact) mass is 693 g/mol. The summed E-state index contributed by atoms with van der Waals surface area (Å²) in [4.78, 5) is 83.3. The molecule has 0 saturated carbocycles. The number of nitrogens with two attached hydrogens (primary N) is 1. The second-order valence-corrected chi connectivity index (χ2v) is 10.1. The molecule has 10 N–H and O–H groups in total. The fourth-order valence-corrected chi connectivity index (χ4v) is 3.30. The second kappa shape index (κ2) is 21.6. The number of hydrogen-bond donors (Lipinski definition) is 9. The fourth-order valence-electron chi connectivity index (χ4n) is 2.57. The van der Waals surface area contributed by atoms with Crippen molar-refractivity contribution in [3.63, 3.8) is 0 Å². The van der Waals surface area contributed by atoms with E-state index in [4.69, 9.17) is 35.5 Å². The number of aliphatic hydroxyl groups excluding tert-OH is 2. The van der Waals surface area contributed by atoms with Gasteiger partial charge in [-0.2, -0.15) is 0 Å². The third-order valence-electron chi connectivity index (χ3n) is 4.68. The Labute approximate surface area is 281 Å². The van der Waals surface area contributed by atoms with Crippen LogP contribution in [0.4, 0.5) is 0 Å². The van der Waals surface area contributed by atoms with Crippen LogP contribution in [0.3, 0.4) is 0 Å². The van der Waals surface area contributed by atoms with Gasteiger partial charge in [0.15, 0.2) is 12.6 Å². The van der Waals surface area contributed by atoms with E-state index >= 15 is 0 Å². The van der Waals surface area contributed by atoms with E-state index in [1.165, 1.54) is 12.4 Å². The molecule has 0 unspecified atom stereocenters. The summed E-state index contributed by atoms with van der Waals surface area (Å²) in [6.45, 7) is 2.58. The minimum absolute atomic E-state index is 0. The average molecular weight is 694 g/mol. The van der Waals surface area contributed by atoms with Crippen LogP contribution in [0.1, 0.15) is 56.1 Å². The molecule has 0 bridgehead atoms. The van der Waals surface area contributed by atoms with Gasteiger partial charge in [0.2, 0.25) is 0 Å². The van der Waals surface area contributed by atoms with Crippen molar-refractivity contribution in [2.75, 3.05) is 0 Å². The van der Waals surface area contributed by atoms with E-state index in [1.54, 1.807) is 13.8 Å². The summed E-state index contributed by atoms with van der Waals surface area (Å²) in [5.74, 6) is -3.08. The molecule has 242 valence electrons. The van der Waals surface area contributed by atoms with Crippen molar-refractivity contribution in [3.8, 4) is 11.5 Å². The molecule has 2 aromatic rings. The molecule has 0 amide bonds. The molecule has 0 spiro atoms. The number of aromatic hydroxyl groups is 2. The van der Waals surface area contributed by atoms with Crippen molar-refractivity contribution in [3.05, 3.63) is 46.0 Å². The van der Waals surface area contributed by atoms with Gasteiger partial charge in [0.05, 0.1) is 35.7 Å². The maximum absolute atomic E-state index is 10.9. The summed E-state index contributed by atoms with van der Waals surface area (Å²) in [6, 6.07) is -1.54. The smallest absolute Gasteiger partial charge is 0.505 e. The molecule has 2 aromatic heterocycles. The van der Waals surface area contributed by atoms with Crippen LogP contribution in [0.2, 0.25) is 0 Å². The number of phosphoric ester groups is 2. The Balaban J connectivity index is -0.000000576. The standard InChI is InChI=1S/2C8H9NO3.C5H11NO10P2.2Mg.4H/c2*1-5-8(12)7(4-11)6(3-10)2-9-5;6-3(5(8)16-18(12,13)14)1-2-4(7)15-17(9,10)11;;;;;;/h2*2,4,10,12H,3H2,1H3;3H,1-2,6H2,(H2,9,10,11)(H2,12,13,14);;;;;;/t;;3-;;;;;;/m..0....../s1. The zero-order chi connectivity index (χ0) is 32.8. The van der Waals surface area contributed by atoms with Crippen molar-refractivity contribution in [1.82, 2.24) is 9.97 Å². The SMILES string of the molecule is Cc1ncc(CO)c(C=O)c1O.Cc1ncc(CO)c(C=O)c1O.N[C@@H](CCC(=O)OP(=O)(O)O)C(=O)OP(=O)(O)O.[MgH2].[MgH2]. The van der Waals surface area contributed by atoms with Gasteiger partial charge in [-0.3, -0.25) is 43.9 Å². The fraction of sp³-hybridized carbons (Fsp3) is 0.333. The molecule has 2 rings (SSSR count). The van der Waals surface area contributed by atoms with E-state index in [2.05, 4.69) is 19.0 Å². The van der Waals surface area contributed by atoms with Gasteiger partial charge in [-0.25, -0.2) is 13.9 Å². The number of nitrogens with zero attached hydrogens (tertiary/aromatic N) is 2. The summed E-state index contributed by atoms with van der Waals surface area (Å²) in [5.41, 5.74) is 6.80. The van der Waals surface area contributed by atoms with Gasteiger partial charge in [-0.1, -0.05) is 0 Å². The van der Waals surface area contributed by atoms with Gasteiger partial charge in [0.25, 0.3) is 0 Å². The molecule has 0 aromatic carbocycles. The van der Waals surface area contributed by atoms with Crippen LogP contribution < -0.4 is 5.73 Å². The van der Waals surface area contributed by atoms with Crippen LogP contribution in [0.25, 0.3) is 0 Å². The Kier molecular flexibility index (Phi) is 22.7. The molecule has 23 heteroatoms. The summed E-state index contributed by atoms with van der Waals surface area (Å²) in [7, 11) is -10.00. The van der Waals surface area contributed by atoms with Gasteiger partial charge in [0, 0.05) is 29.9 Å². The molecule has 0 aliphatic carbocycles. The zero-order valence-corrected chi connectivity index (χ0v) is 23.7. The molecule has 2 heterocycles. The lowest BCUT2D eigenvalue weighted by Crippen LogP contribution is -2.32. The summed E-state index contributed by atoms with van der Waals surface area (Å²) in [5, 5.41) is 36.1. The second-order valence-electron chi connectivity index (χ2n) is 7.81. The molecule has 0 saturated heterocycles. The molecule has 19 nitrogen and oxygen atoms in total. The van der Waals surface area contributed by atoms with Gasteiger partial charge in [0.1, 0.15) is 17.5 Å². The van der Waals surface area contributed by atoms with Crippen LogP contribution in [0.15, 0.2) is 12.4 Å². The molecule has 44 heavy (non-hydrogen) atoms. The number of carbonyl (C=O) groups is 4. The number of hydrogen-bond acceptors (Lipinski definition) is 15. The lowest BCUT2D eigenvalue weighted by molar-refractivity contribution is -0.138. The number of aldehydes is 2. The van der Waals surface area contributed by atoms with Crippen LogP contribution in [-0.4, -0.2) is 127 Å². The predicted molar refractivity (Wildman–Crippen MR) is 154 cm³/mol. The number of aliphatic hydroxyl groups is 2. The highest BCUT2D eigenvalue weighted by Gasteiger charge is 2.27. The maximum atomic E-state index is 10.9. The Hall–Kier alpha value is -2.11. The number of phosphoric acid groups is 2. The Morgan fingerprint density at radius 2 is 1.20 bits per heavy atom. The quantitative estimate of drug-likeness (QED) is 0.0696. The zero-order valence-electron chi connectivity index (χ0n) is 21.9. The molecular weight excluding hydrogens is 661 g/mol.